The van der Waals surface area contributed by atoms with Crippen molar-refractivity contribution in [2.75, 3.05) is 6.54 Å². The van der Waals surface area contributed by atoms with Crippen LogP contribution in [0.5, 0.6) is 0 Å². The molecular weight excluding hydrogens is 436 g/mol. The van der Waals surface area contributed by atoms with Crippen LogP contribution < -0.4 is 0 Å². The Morgan fingerprint density at radius 1 is 1.18 bits per heavy atom. The zero-order valence-corrected chi connectivity index (χ0v) is 19.2. The van der Waals surface area contributed by atoms with Gasteiger partial charge in [-0.2, -0.15) is 14.7 Å². The first-order valence-corrected chi connectivity index (χ1v) is 12.2. The minimum absolute atomic E-state index is 0.164. The number of H-pyrrole nitrogens is 1. The van der Waals surface area contributed by atoms with Crippen molar-refractivity contribution in [1.29, 1.82) is 5.26 Å². The van der Waals surface area contributed by atoms with Crippen molar-refractivity contribution < 1.29 is 8.42 Å². The second-order valence-electron chi connectivity index (χ2n) is 9.11. The fraction of sp³-hybridized carbons (Fsp3) is 0.292. The lowest BCUT2D eigenvalue weighted by Gasteiger charge is -2.30. The number of aromatic amines is 1. The van der Waals surface area contributed by atoms with E-state index in [2.05, 4.69) is 20.8 Å². The van der Waals surface area contributed by atoms with Crippen molar-refractivity contribution in [3.05, 3.63) is 66.6 Å². The molecule has 1 N–H and O–H groups in total. The van der Waals surface area contributed by atoms with Crippen LogP contribution in [0, 0.1) is 17.2 Å². The van der Waals surface area contributed by atoms with Crippen LogP contribution >= 0.6 is 0 Å². The maximum Gasteiger partial charge on any atom is 0.243 e. The highest BCUT2D eigenvalue weighted by atomic mass is 32.2. The Morgan fingerprint density at radius 3 is 2.67 bits per heavy atom. The van der Waals surface area contributed by atoms with E-state index < -0.39 is 15.6 Å². The van der Waals surface area contributed by atoms with Gasteiger partial charge in [0.1, 0.15) is 0 Å². The summed E-state index contributed by atoms with van der Waals surface area (Å²) in [5.41, 5.74) is 3.65. The third-order valence-electron chi connectivity index (χ3n) is 6.33. The molecule has 4 aromatic rings. The molecule has 1 unspecified atom stereocenters. The van der Waals surface area contributed by atoms with Crippen LogP contribution in [0.3, 0.4) is 0 Å². The van der Waals surface area contributed by atoms with Crippen LogP contribution in [0.15, 0.2) is 66.0 Å². The summed E-state index contributed by atoms with van der Waals surface area (Å²) in [6, 6.07) is 14.2. The molecule has 5 rings (SSSR count). The molecule has 0 amide bonds. The quantitative estimate of drug-likeness (QED) is 0.488. The molecule has 1 saturated heterocycles. The van der Waals surface area contributed by atoms with E-state index in [-0.39, 0.29) is 10.8 Å². The Labute approximate surface area is 192 Å². The van der Waals surface area contributed by atoms with E-state index in [4.69, 9.17) is 10.2 Å². The number of nitrogens with zero attached hydrogens (tertiary/aromatic N) is 5. The fourth-order valence-corrected chi connectivity index (χ4v) is 6.66. The van der Waals surface area contributed by atoms with Crippen LogP contribution in [-0.4, -0.2) is 44.6 Å². The first-order chi connectivity index (χ1) is 15.8. The minimum atomic E-state index is -3.66. The molecular formula is C24H24N6O2S. The molecule has 8 nitrogen and oxygen atoms in total. The monoisotopic (exact) mass is 460 g/mol. The Kier molecular flexibility index (Phi) is 5.07. The van der Waals surface area contributed by atoms with Gasteiger partial charge in [0, 0.05) is 36.6 Å². The molecule has 1 atom stereocenters. The van der Waals surface area contributed by atoms with Gasteiger partial charge in [-0.05, 0) is 68.7 Å². The molecule has 1 fully saturated rings. The summed E-state index contributed by atoms with van der Waals surface area (Å²) in [7, 11) is -3.66. The van der Waals surface area contributed by atoms with Crippen molar-refractivity contribution in [3.63, 3.8) is 0 Å². The Morgan fingerprint density at radius 2 is 1.97 bits per heavy atom. The smallest absolute Gasteiger partial charge is 0.243 e. The largest absolute Gasteiger partial charge is 0.346 e. The standard InChI is InChI=1S/C24H24N6O2S/c1-24(2)11-18(16-30(24)33(31,32)20-5-3-17(12-25)4-6-20)15-29-10-9-22-23(29)8-7-21(28-22)19-13-26-27-14-19/h3-10,13-14,18H,11,15-16H2,1-2H3,(H,26,27). The summed E-state index contributed by atoms with van der Waals surface area (Å²) in [6.07, 6.45) is 6.33. The first kappa shape index (κ1) is 21.4. The zero-order chi connectivity index (χ0) is 23.2. The molecule has 0 spiro atoms. The normalized spacial score (nSPS) is 18.5. The molecule has 0 radical (unpaired) electrons. The molecule has 4 heterocycles. The molecule has 33 heavy (non-hydrogen) atoms. The lowest BCUT2D eigenvalue weighted by Crippen LogP contribution is -2.42. The molecule has 1 aliphatic rings. The van der Waals surface area contributed by atoms with Gasteiger partial charge in [0.15, 0.2) is 0 Å². The summed E-state index contributed by atoms with van der Waals surface area (Å²) >= 11 is 0. The van der Waals surface area contributed by atoms with Gasteiger partial charge in [0.25, 0.3) is 0 Å². The van der Waals surface area contributed by atoms with E-state index in [1.165, 1.54) is 12.1 Å². The van der Waals surface area contributed by atoms with Crippen LogP contribution in [0.1, 0.15) is 25.8 Å². The maximum absolute atomic E-state index is 13.4. The third kappa shape index (κ3) is 3.81. The average molecular weight is 461 g/mol. The number of nitrogens with one attached hydrogen (secondary N) is 1. The van der Waals surface area contributed by atoms with Gasteiger partial charge in [-0.3, -0.25) is 5.10 Å². The fourth-order valence-electron chi connectivity index (χ4n) is 4.79. The van der Waals surface area contributed by atoms with Crippen molar-refractivity contribution in [3.8, 4) is 17.3 Å². The van der Waals surface area contributed by atoms with Gasteiger partial charge in [-0.15, -0.1) is 0 Å². The Balaban J connectivity index is 1.38. The van der Waals surface area contributed by atoms with Crippen LogP contribution in [0.4, 0.5) is 0 Å². The predicted octanol–water partition coefficient (Wildman–Crippen LogP) is 3.79. The lowest BCUT2D eigenvalue weighted by molar-refractivity contribution is 0.291. The SMILES string of the molecule is CC1(C)CC(Cn2ccc3nc(-c4cn[nH]c4)ccc32)CN1S(=O)(=O)c1ccc(C#N)cc1. The average Bonchev–Trinajstić information content (AvgIpc) is 3.53. The van der Waals surface area contributed by atoms with Crippen molar-refractivity contribution in [2.24, 2.45) is 5.92 Å². The highest BCUT2D eigenvalue weighted by Crippen LogP contribution is 2.38. The summed E-state index contributed by atoms with van der Waals surface area (Å²) in [6.45, 7) is 5.09. The number of pyridine rings is 1. The predicted molar refractivity (Wildman–Crippen MR) is 125 cm³/mol. The van der Waals surface area contributed by atoms with Gasteiger partial charge >= 0.3 is 0 Å². The summed E-state index contributed by atoms with van der Waals surface area (Å²) in [5, 5.41) is 15.8. The number of fused-ring (bicyclic) bond motifs is 1. The van der Waals surface area contributed by atoms with Gasteiger partial charge in [-0.25, -0.2) is 13.4 Å². The van der Waals surface area contributed by atoms with E-state index in [1.807, 2.05) is 44.4 Å². The van der Waals surface area contributed by atoms with E-state index in [1.54, 1.807) is 22.6 Å². The van der Waals surface area contributed by atoms with E-state index in [9.17, 15) is 8.42 Å². The highest BCUT2D eigenvalue weighted by molar-refractivity contribution is 7.89. The van der Waals surface area contributed by atoms with E-state index in [0.29, 0.717) is 18.7 Å². The second-order valence-corrected chi connectivity index (χ2v) is 11.0. The molecule has 0 bridgehead atoms. The van der Waals surface area contributed by atoms with Crippen LogP contribution in [0.2, 0.25) is 0 Å². The van der Waals surface area contributed by atoms with Crippen molar-refractivity contribution in [2.45, 2.75) is 37.2 Å². The molecule has 1 aliphatic heterocycles. The Bertz CT molecular complexity index is 1450. The maximum atomic E-state index is 13.4. The number of aromatic nitrogens is 4. The minimum Gasteiger partial charge on any atom is -0.346 e. The van der Waals surface area contributed by atoms with Gasteiger partial charge in [0.05, 0.1) is 39.5 Å². The zero-order valence-electron chi connectivity index (χ0n) is 18.4. The highest BCUT2D eigenvalue weighted by Gasteiger charge is 2.45. The van der Waals surface area contributed by atoms with Gasteiger partial charge in [-0.1, -0.05) is 0 Å². The number of sulfonamides is 1. The number of nitriles is 1. The van der Waals surface area contributed by atoms with Crippen LogP contribution in [0.25, 0.3) is 22.3 Å². The third-order valence-corrected chi connectivity index (χ3v) is 8.42. The summed E-state index contributed by atoms with van der Waals surface area (Å²) < 4.78 is 30.5. The van der Waals surface area contributed by atoms with E-state index in [0.717, 1.165) is 28.7 Å². The topological polar surface area (TPSA) is 108 Å². The lowest BCUT2D eigenvalue weighted by atomic mass is 9.97. The summed E-state index contributed by atoms with van der Waals surface area (Å²) in [4.78, 5) is 4.96. The number of hydrogen-bond acceptors (Lipinski definition) is 5. The molecule has 3 aromatic heterocycles. The molecule has 1 aromatic carbocycles. The van der Waals surface area contributed by atoms with Crippen molar-refractivity contribution >= 4 is 21.1 Å². The Hall–Kier alpha value is -3.48. The van der Waals surface area contributed by atoms with Crippen LogP contribution in [-0.2, 0) is 16.6 Å². The number of benzene rings is 1. The van der Waals surface area contributed by atoms with Crippen molar-refractivity contribution in [1.82, 2.24) is 24.1 Å². The molecule has 168 valence electrons. The second kappa shape index (κ2) is 7.83. The number of hydrogen-bond donors (Lipinski definition) is 1. The van der Waals surface area contributed by atoms with Gasteiger partial charge < -0.3 is 4.57 Å². The number of rotatable bonds is 5. The molecule has 0 saturated carbocycles. The van der Waals surface area contributed by atoms with E-state index >= 15 is 0 Å². The molecule has 9 heteroatoms. The summed E-state index contributed by atoms with van der Waals surface area (Å²) in [5.74, 6) is 0.164. The first-order valence-electron chi connectivity index (χ1n) is 10.8. The molecule has 0 aliphatic carbocycles. The van der Waals surface area contributed by atoms with Gasteiger partial charge in [0.2, 0.25) is 10.0 Å².